The molecule has 1 rings (SSSR count). The molecule has 4 nitrogen and oxygen atoms in total. The molecule has 0 saturated carbocycles. The standard InChI is InChI=1S/C17H30N4/c1-14-9-7-8-10-15(14)13-21(6)16(18-5)19-11-12-20-17(2,3)4/h7-10,20H,11-13H2,1-6H3,(H,18,19). The Labute approximate surface area is 129 Å². The minimum Gasteiger partial charge on any atom is -0.355 e. The third-order valence-electron chi connectivity index (χ3n) is 3.31. The number of hydrogen-bond donors (Lipinski definition) is 2. The molecule has 1 aromatic carbocycles. The Hall–Kier alpha value is -1.55. The predicted molar refractivity (Wildman–Crippen MR) is 91.8 cm³/mol. The maximum absolute atomic E-state index is 4.35. The maximum atomic E-state index is 4.35. The summed E-state index contributed by atoms with van der Waals surface area (Å²) in [5, 5.41) is 6.86. The van der Waals surface area contributed by atoms with Gasteiger partial charge in [0.05, 0.1) is 0 Å². The smallest absolute Gasteiger partial charge is 0.193 e. The minimum atomic E-state index is 0.151. The van der Waals surface area contributed by atoms with Gasteiger partial charge in [-0.1, -0.05) is 24.3 Å². The molecule has 0 aliphatic carbocycles. The zero-order valence-corrected chi connectivity index (χ0v) is 14.3. The van der Waals surface area contributed by atoms with E-state index in [0.717, 1.165) is 25.6 Å². The van der Waals surface area contributed by atoms with Crippen LogP contribution in [0, 0.1) is 6.92 Å². The summed E-state index contributed by atoms with van der Waals surface area (Å²) < 4.78 is 0. The Kier molecular flexibility index (Phi) is 6.69. The number of nitrogens with zero attached hydrogens (tertiary/aromatic N) is 2. The molecule has 0 atom stereocenters. The molecule has 4 heteroatoms. The van der Waals surface area contributed by atoms with Gasteiger partial charge in [0.1, 0.15) is 0 Å². The quantitative estimate of drug-likeness (QED) is 0.497. The zero-order valence-electron chi connectivity index (χ0n) is 14.3. The van der Waals surface area contributed by atoms with Crippen molar-refractivity contribution in [1.29, 1.82) is 0 Å². The van der Waals surface area contributed by atoms with E-state index < -0.39 is 0 Å². The van der Waals surface area contributed by atoms with Crippen LogP contribution in [0.3, 0.4) is 0 Å². The number of rotatable bonds is 5. The molecule has 118 valence electrons. The summed E-state index contributed by atoms with van der Waals surface area (Å²) in [6.07, 6.45) is 0. The van der Waals surface area contributed by atoms with E-state index in [-0.39, 0.29) is 5.54 Å². The van der Waals surface area contributed by atoms with E-state index in [9.17, 15) is 0 Å². The number of aryl methyl sites for hydroxylation is 1. The van der Waals surface area contributed by atoms with E-state index in [1.165, 1.54) is 11.1 Å². The van der Waals surface area contributed by atoms with Gasteiger partial charge in [-0.2, -0.15) is 0 Å². The van der Waals surface area contributed by atoms with E-state index >= 15 is 0 Å². The summed E-state index contributed by atoms with van der Waals surface area (Å²) in [5.74, 6) is 0.925. The first-order valence-electron chi connectivity index (χ1n) is 7.55. The molecule has 0 amide bonds. The topological polar surface area (TPSA) is 39.7 Å². The first-order valence-corrected chi connectivity index (χ1v) is 7.55. The third kappa shape index (κ3) is 6.63. The molecule has 0 spiro atoms. The van der Waals surface area contributed by atoms with Crippen LogP contribution >= 0.6 is 0 Å². The van der Waals surface area contributed by atoms with Crippen molar-refractivity contribution in [3.8, 4) is 0 Å². The molecule has 2 N–H and O–H groups in total. The first-order chi connectivity index (χ1) is 9.83. The van der Waals surface area contributed by atoms with Crippen molar-refractivity contribution < 1.29 is 0 Å². The summed E-state index contributed by atoms with van der Waals surface area (Å²) >= 11 is 0. The zero-order chi connectivity index (χ0) is 15.9. The fraction of sp³-hybridized carbons (Fsp3) is 0.588. The van der Waals surface area contributed by atoms with Crippen LogP contribution in [0.15, 0.2) is 29.3 Å². The van der Waals surface area contributed by atoms with E-state index in [1.54, 1.807) is 0 Å². The van der Waals surface area contributed by atoms with E-state index in [0.29, 0.717) is 0 Å². The average molecular weight is 290 g/mol. The van der Waals surface area contributed by atoms with Crippen molar-refractivity contribution in [3.05, 3.63) is 35.4 Å². The van der Waals surface area contributed by atoms with Gasteiger partial charge in [-0.15, -0.1) is 0 Å². The van der Waals surface area contributed by atoms with E-state index in [1.807, 2.05) is 7.05 Å². The normalized spacial score (nSPS) is 12.4. The second-order valence-electron chi connectivity index (χ2n) is 6.43. The summed E-state index contributed by atoms with van der Waals surface area (Å²) in [6.45, 7) is 11.3. The Morgan fingerprint density at radius 2 is 1.86 bits per heavy atom. The van der Waals surface area contributed by atoms with Crippen molar-refractivity contribution in [2.24, 2.45) is 4.99 Å². The fourth-order valence-corrected chi connectivity index (χ4v) is 2.11. The second kappa shape index (κ2) is 8.03. The molecule has 21 heavy (non-hydrogen) atoms. The lowest BCUT2D eigenvalue weighted by molar-refractivity contribution is 0.422. The van der Waals surface area contributed by atoms with Crippen LogP contribution in [-0.4, -0.2) is 43.6 Å². The maximum Gasteiger partial charge on any atom is 0.193 e. The number of aliphatic imine (C=N–C) groups is 1. The summed E-state index contributed by atoms with van der Waals surface area (Å²) in [4.78, 5) is 6.50. The van der Waals surface area contributed by atoms with Crippen LogP contribution in [0.1, 0.15) is 31.9 Å². The first kappa shape index (κ1) is 17.5. The molecule has 0 aliphatic rings. The lowest BCUT2D eigenvalue weighted by atomic mass is 10.1. The second-order valence-corrected chi connectivity index (χ2v) is 6.43. The molecule has 0 fully saturated rings. The monoisotopic (exact) mass is 290 g/mol. The van der Waals surface area contributed by atoms with Crippen molar-refractivity contribution in [2.45, 2.75) is 39.8 Å². The predicted octanol–water partition coefficient (Wildman–Crippen LogP) is 2.39. The van der Waals surface area contributed by atoms with Gasteiger partial charge < -0.3 is 15.5 Å². The Morgan fingerprint density at radius 1 is 1.19 bits per heavy atom. The van der Waals surface area contributed by atoms with Gasteiger partial charge in [0.2, 0.25) is 0 Å². The van der Waals surface area contributed by atoms with Gasteiger partial charge in [-0.3, -0.25) is 4.99 Å². The summed E-state index contributed by atoms with van der Waals surface area (Å²) in [6, 6.07) is 8.47. The van der Waals surface area contributed by atoms with Crippen molar-refractivity contribution in [1.82, 2.24) is 15.5 Å². The number of benzene rings is 1. The van der Waals surface area contributed by atoms with Gasteiger partial charge >= 0.3 is 0 Å². The highest BCUT2D eigenvalue weighted by Gasteiger charge is 2.10. The minimum absolute atomic E-state index is 0.151. The van der Waals surface area contributed by atoms with Gasteiger partial charge in [-0.05, 0) is 38.8 Å². The highest BCUT2D eigenvalue weighted by atomic mass is 15.3. The van der Waals surface area contributed by atoms with Gasteiger partial charge in [0.25, 0.3) is 0 Å². The van der Waals surface area contributed by atoms with Crippen molar-refractivity contribution in [3.63, 3.8) is 0 Å². The Bertz CT molecular complexity index is 460. The molecular weight excluding hydrogens is 260 g/mol. The lowest BCUT2D eigenvalue weighted by Gasteiger charge is -2.24. The Balaban J connectivity index is 2.47. The molecule has 0 radical (unpaired) electrons. The van der Waals surface area contributed by atoms with Crippen molar-refractivity contribution in [2.75, 3.05) is 27.2 Å². The van der Waals surface area contributed by atoms with Crippen LogP contribution < -0.4 is 10.6 Å². The Morgan fingerprint density at radius 3 is 2.43 bits per heavy atom. The number of nitrogens with one attached hydrogen (secondary N) is 2. The van der Waals surface area contributed by atoms with Gasteiger partial charge in [-0.25, -0.2) is 0 Å². The molecule has 0 saturated heterocycles. The van der Waals surface area contributed by atoms with Crippen LogP contribution in [0.25, 0.3) is 0 Å². The molecule has 0 unspecified atom stereocenters. The van der Waals surface area contributed by atoms with Crippen molar-refractivity contribution >= 4 is 5.96 Å². The van der Waals surface area contributed by atoms with Crippen LogP contribution in [0.5, 0.6) is 0 Å². The molecule has 0 heterocycles. The van der Waals surface area contributed by atoms with Gasteiger partial charge in [0, 0.05) is 39.3 Å². The molecule has 0 bridgehead atoms. The summed E-state index contributed by atoms with van der Waals surface area (Å²) in [7, 11) is 3.90. The summed E-state index contributed by atoms with van der Waals surface area (Å²) in [5.41, 5.74) is 2.79. The van der Waals surface area contributed by atoms with Gasteiger partial charge in [0.15, 0.2) is 5.96 Å². The highest BCUT2D eigenvalue weighted by Crippen LogP contribution is 2.09. The third-order valence-corrected chi connectivity index (χ3v) is 3.31. The largest absolute Gasteiger partial charge is 0.355 e. The van der Waals surface area contributed by atoms with E-state index in [4.69, 9.17) is 0 Å². The molecule has 0 aromatic heterocycles. The molecular formula is C17H30N4. The number of guanidine groups is 1. The fourth-order valence-electron chi connectivity index (χ4n) is 2.11. The average Bonchev–Trinajstić information content (AvgIpc) is 2.40. The SMILES string of the molecule is CN=C(NCCNC(C)(C)C)N(C)Cc1ccccc1C. The number of hydrogen-bond acceptors (Lipinski definition) is 2. The van der Waals surface area contributed by atoms with Crippen LogP contribution in [-0.2, 0) is 6.54 Å². The molecule has 0 aliphatic heterocycles. The lowest BCUT2D eigenvalue weighted by Crippen LogP contribution is -2.44. The van der Waals surface area contributed by atoms with Crippen LogP contribution in [0.2, 0.25) is 0 Å². The van der Waals surface area contributed by atoms with Crippen LogP contribution in [0.4, 0.5) is 0 Å². The highest BCUT2D eigenvalue weighted by molar-refractivity contribution is 5.79. The van der Waals surface area contributed by atoms with E-state index in [2.05, 4.69) is 79.5 Å². The molecule has 1 aromatic rings.